The molecule has 0 spiro atoms. The molecule has 2 saturated heterocycles. The largest absolute Gasteiger partial charge is 0.314 e. The van der Waals surface area contributed by atoms with E-state index in [-0.39, 0.29) is 34.6 Å². The third kappa shape index (κ3) is 2.90. The van der Waals surface area contributed by atoms with E-state index in [0.717, 1.165) is 12.8 Å². The smallest absolute Gasteiger partial charge is 0.251 e. The Balaban J connectivity index is 1.75. The van der Waals surface area contributed by atoms with E-state index in [4.69, 9.17) is 11.6 Å². The van der Waals surface area contributed by atoms with Gasteiger partial charge in [-0.1, -0.05) is 35.5 Å². The minimum atomic E-state index is -3.06. The fraction of sp³-hybridized carbons (Fsp3) is 0.467. The van der Waals surface area contributed by atoms with Crippen molar-refractivity contribution in [2.45, 2.75) is 24.1 Å². The molecule has 8 heteroatoms. The van der Waals surface area contributed by atoms with E-state index in [9.17, 15) is 13.2 Å². The molecule has 4 rings (SSSR count). The second-order valence-electron chi connectivity index (χ2n) is 6.13. The predicted octanol–water partition coefficient (Wildman–Crippen LogP) is 2.35. The molecule has 2 aliphatic heterocycles. The number of fused-ring (bicyclic) bond motifs is 1. The lowest BCUT2D eigenvalue weighted by Gasteiger charge is -2.25. The monoisotopic (exact) mass is 370 g/mol. The highest BCUT2D eigenvalue weighted by molar-refractivity contribution is 8.16. The van der Waals surface area contributed by atoms with Gasteiger partial charge in [-0.25, -0.2) is 8.42 Å². The van der Waals surface area contributed by atoms with Crippen LogP contribution in [0.25, 0.3) is 0 Å². The first-order chi connectivity index (χ1) is 10.9. The van der Waals surface area contributed by atoms with Gasteiger partial charge in [0, 0.05) is 11.2 Å². The molecule has 1 saturated carbocycles. The molecule has 0 radical (unpaired) electrons. The molecule has 23 heavy (non-hydrogen) atoms. The molecule has 0 N–H and O–H groups in total. The molecule has 3 fully saturated rings. The standard InChI is InChI=1S/C15H15ClN2O3S2/c16-10-3-1-2-4-11(10)18-12-7-23(20,21)8-13(12)22-15(18)17-14(19)9-5-6-9/h1-4,9,12-13H,5-8H2/t12-,13+/m0/s1. The van der Waals surface area contributed by atoms with Crippen molar-refractivity contribution in [3.05, 3.63) is 29.3 Å². The lowest BCUT2D eigenvalue weighted by atomic mass is 10.2. The van der Waals surface area contributed by atoms with Crippen molar-refractivity contribution >= 4 is 50.0 Å². The van der Waals surface area contributed by atoms with Crippen LogP contribution in [0, 0.1) is 5.92 Å². The summed E-state index contributed by atoms with van der Waals surface area (Å²) in [6, 6.07) is 7.06. The zero-order chi connectivity index (χ0) is 16.2. The van der Waals surface area contributed by atoms with Crippen molar-refractivity contribution in [1.82, 2.24) is 0 Å². The van der Waals surface area contributed by atoms with Crippen LogP contribution in [0.3, 0.4) is 0 Å². The van der Waals surface area contributed by atoms with Gasteiger partial charge in [-0.05, 0) is 25.0 Å². The van der Waals surface area contributed by atoms with Crippen LogP contribution in [-0.4, -0.2) is 42.3 Å². The highest BCUT2D eigenvalue weighted by Gasteiger charge is 2.50. The van der Waals surface area contributed by atoms with E-state index in [1.807, 2.05) is 23.1 Å². The van der Waals surface area contributed by atoms with Crippen molar-refractivity contribution < 1.29 is 13.2 Å². The lowest BCUT2D eigenvalue weighted by Crippen LogP contribution is -2.38. The molecule has 0 bridgehead atoms. The van der Waals surface area contributed by atoms with Crippen molar-refractivity contribution in [2.24, 2.45) is 10.9 Å². The van der Waals surface area contributed by atoms with Crippen molar-refractivity contribution in [2.75, 3.05) is 16.4 Å². The van der Waals surface area contributed by atoms with E-state index in [0.29, 0.717) is 15.9 Å². The molecular formula is C15H15ClN2O3S2. The second kappa shape index (κ2) is 5.50. The van der Waals surface area contributed by atoms with Gasteiger partial charge >= 0.3 is 0 Å². The number of sulfone groups is 1. The molecule has 2 heterocycles. The maximum atomic E-state index is 12.1. The van der Waals surface area contributed by atoms with Crippen LogP contribution in [0.5, 0.6) is 0 Å². The summed E-state index contributed by atoms with van der Waals surface area (Å²) in [4.78, 5) is 18.2. The number of para-hydroxylation sites is 1. The van der Waals surface area contributed by atoms with Crippen molar-refractivity contribution in [3.63, 3.8) is 0 Å². The van der Waals surface area contributed by atoms with Crippen LogP contribution in [0.4, 0.5) is 5.69 Å². The molecule has 3 aliphatic rings. The molecular weight excluding hydrogens is 356 g/mol. The number of amidine groups is 1. The van der Waals surface area contributed by atoms with E-state index in [2.05, 4.69) is 4.99 Å². The second-order valence-corrected chi connectivity index (χ2v) is 9.90. The fourth-order valence-electron chi connectivity index (χ4n) is 3.01. The first kappa shape index (κ1) is 15.5. The minimum absolute atomic E-state index is 0.0420. The number of benzene rings is 1. The summed E-state index contributed by atoms with van der Waals surface area (Å²) >= 11 is 7.69. The summed E-state index contributed by atoms with van der Waals surface area (Å²) in [6.45, 7) is 0. The van der Waals surface area contributed by atoms with Crippen molar-refractivity contribution in [1.29, 1.82) is 0 Å². The lowest BCUT2D eigenvalue weighted by molar-refractivity contribution is -0.118. The number of carbonyl (C=O) groups excluding carboxylic acids is 1. The van der Waals surface area contributed by atoms with Crippen LogP contribution >= 0.6 is 23.4 Å². The molecule has 0 aromatic heterocycles. The molecule has 122 valence electrons. The maximum Gasteiger partial charge on any atom is 0.251 e. The molecule has 1 aromatic rings. The SMILES string of the molecule is O=C(N=C1S[C@@H]2CS(=O)(=O)C[C@@H]2N1c1ccccc1Cl)C1CC1. The maximum absolute atomic E-state index is 12.1. The number of thioether (sulfide) groups is 1. The van der Waals surface area contributed by atoms with Gasteiger partial charge in [-0.3, -0.25) is 4.79 Å². The summed E-state index contributed by atoms with van der Waals surface area (Å²) in [5, 5.41) is 1.02. The van der Waals surface area contributed by atoms with Crippen LogP contribution in [0.2, 0.25) is 5.02 Å². The number of aliphatic imine (C=N–C) groups is 1. The van der Waals surface area contributed by atoms with E-state index in [1.165, 1.54) is 11.8 Å². The van der Waals surface area contributed by atoms with Crippen LogP contribution < -0.4 is 4.90 Å². The van der Waals surface area contributed by atoms with E-state index in [1.54, 1.807) is 6.07 Å². The molecule has 1 aliphatic carbocycles. The zero-order valence-corrected chi connectivity index (χ0v) is 14.6. The third-order valence-electron chi connectivity index (χ3n) is 4.31. The van der Waals surface area contributed by atoms with Gasteiger partial charge in [-0.15, -0.1) is 0 Å². The summed E-state index contributed by atoms with van der Waals surface area (Å²) in [5.74, 6) is 0.139. The van der Waals surface area contributed by atoms with Crippen LogP contribution in [0.1, 0.15) is 12.8 Å². The Morgan fingerprint density at radius 3 is 2.70 bits per heavy atom. The van der Waals surface area contributed by atoms with Gasteiger partial charge in [0.2, 0.25) is 0 Å². The number of amides is 1. The summed E-state index contributed by atoms with van der Waals surface area (Å²) in [6.07, 6.45) is 1.79. The van der Waals surface area contributed by atoms with Gasteiger partial charge in [0.1, 0.15) is 0 Å². The molecule has 1 amide bonds. The van der Waals surface area contributed by atoms with Gasteiger partial charge in [0.15, 0.2) is 15.0 Å². The quantitative estimate of drug-likeness (QED) is 0.799. The fourth-order valence-corrected chi connectivity index (χ4v) is 7.15. The number of anilines is 1. The summed E-state index contributed by atoms with van der Waals surface area (Å²) in [7, 11) is -3.06. The van der Waals surface area contributed by atoms with Gasteiger partial charge in [-0.2, -0.15) is 4.99 Å². The highest BCUT2D eigenvalue weighted by atomic mass is 35.5. The zero-order valence-electron chi connectivity index (χ0n) is 12.2. The Kier molecular flexibility index (Phi) is 3.70. The van der Waals surface area contributed by atoms with E-state index >= 15 is 0 Å². The Labute approximate surface area is 144 Å². The first-order valence-electron chi connectivity index (χ1n) is 7.48. The van der Waals surface area contributed by atoms with Gasteiger partial charge < -0.3 is 4.90 Å². The highest BCUT2D eigenvalue weighted by Crippen LogP contribution is 2.43. The summed E-state index contributed by atoms with van der Waals surface area (Å²) < 4.78 is 23.9. The normalized spacial score (nSPS) is 30.7. The molecule has 5 nitrogen and oxygen atoms in total. The molecule has 2 atom stereocenters. The van der Waals surface area contributed by atoms with Gasteiger partial charge in [0.05, 0.1) is 28.3 Å². The number of nitrogens with zero attached hydrogens (tertiary/aromatic N) is 2. The van der Waals surface area contributed by atoms with Crippen molar-refractivity contribution in [3.8, 4) is 0 Å². The number of halogens is 1. The van der Waals surface area contributed by atoms with Crippen LogP contribution in [0.15, 0.2) is 29.3 Å². The average Bonchev–Trinajstić information content (AvgIpc) is 3.22. The topological polar surface area (TPSA) is 66.8 Å². The summed E-state index contributed by atoms with van der Waals surface area (Å²) in [5.41, 5.74) is 0.716. The Bertz CT molecular complexity index is 805. The van der Waals surface area contributed by atoms with Gasteiger partial charge in [0.25, 0.3) is 5.91 Å². The van der Waals surface area contributed by atoms with Crippen LogP contribution in [-0.2, 0) is 14.6 Å². The Morgan fingerprint density at radius 1 is 1.26 bits per heavy atom. The Morgan fingerprint density at radius 2 is 2.00 bits per heavy atom. The predicted molar refractivity (Wildman–Crippen MR) is 92.9 cm³/mol. The average molecular weight is 371 g/mol. The molecule has 1 aromatic carbocycles. The number of rotatable bonds is 2. The number of hydrogen-bond acceptors (Lipinski definition) is 4. The third-order valence-corrected chi connectivity index (χ3v) is 7.84. The minimum Gasteiger partial charge on any atom is -0.314 e. The molecule has 0 unspecified atom stereocenters. The first-order valence-corrected chi connectivity index (χ1v) is 10.6. The number of hydrogen-bond donors (Lipinski definition) is 0. The Hall–Kier alpha value is -1.05. The van der Waals surface area contributed by atoms with E-state index < -0.39 is 9.84 Å². The number of carbonyl (C=O) groups is 1.